The third-order valence-corrected chi connectivity index (χ3v) is 5.62. The lowest BCUT2D eigenvalue weighted by molar-refractivity contribution is -0.122. The fraction of sp³-hybridized carbons (Fsp3) is 0.375. The molecule has 6 nitrogen and oxygen atoms in total. The lowest BCUT2D eigenvalue weighted by Crippen LogP contribution is -2.41. The lowest BCUT2D eigenvalue weighted by Gasteiger charge is -2.38. The van der Waals surface area contributed by atoms with Crippen LogP contribution >= 0.6 is 0 Å². The fourth-order valence-electron chi connectivity index (χ4n) is 4.21. The first-order valence-corrected chi connectivity index (χ1v) is 10.3. The first-order chi connectivity index (χ1) is 14.2. The number of aryl methyl sites for hydroxylation is 1. The Bertz CT molecular complexity index is 993. The smallest absolute Gasteiger partial charge is 0.261 e. The van der Waals surface area contributed by atoms with E-state index >= 15 is 0 Å². The second kappa shape index (κ2) is 7.59. The van der Waals surface area contributed by atoms with Crippen molar-refractivity contribution in [1.29, 1.82) is 0 Å². The number of hydrogen-bond acceptors (Lipinski definition) is 4. The maximum atomic E-state index is 12.6. The van der Waals surface area contributed by atoms with E-state index in [9.17, 15) is 14.4 Å². The fourth-order valence-corrected chi connectivity index (χ4v) is 4.21. The van der Waals surface area contributed by atoms with Crippen molar-refractivity contribution in [2.24, 2.45) is 0 Å². The number of rotatable bonds is 5. The highest BCUT2D eigenvalue weighted by Gasteiger charge is 2.36. The van der Waals surface area contributed by atoms with Gasteiger partial charge in [-0.1, -0.05) is 29.8 Å². The Morgan fingerprint density at radius 2 is 1.80 bits per heavy atom. The molecule has 2 heterocycles. The van der Waals surface area contributed by atoms with Gasteiger partial charge in [-0.15, -0.1) is 0 Å². The number of ether oxygens (including phenoxy) is 1. The molecule has 0 saturated heterocycles. The molecular weight excluding hydrogens is 380 g/mol. The first-order valence-electron chi connectivity index (χ1n) is 10.3. The molecule has 1 unspecified atom stereocenters. The van der Waals surface area contributed by atoms with Gasteiger partial charge in [0.15, 0.2) is 0 Å². The Labute approximate surface area is 176 Å². The topological polar surface area (TPSA) is 75.7 Å². The van der Waals surface area contributed by atoms with Crippen molar-refractivity contribution in [2.45, 2.75) is 51.7 Å². The summed E-state index contributed by atoms with van der Waals surface area (Å²) in [6.45, 7) is 6.27. The summed E-state index contributed by atoms with van der Waals surface area (Å²) in [5, 5.41) is 3.12. The molecule has 0 bridgehead atoms. The summed E-state index contributed by atoms with van der Waals surface area (Å²) in [7, 11) is 0. The summed E-state index contributed by atoms with van der Waals surface area (Å²) in [5.74, 6) is 0.133. The molecule has 6 heteroatoms. The van der Waals surface area contributed by atoms with E-state index in [-0.39, 0.29) is 42.3 Å². The van der Waals surface area contributed by atoms with E-state index in [0.29, 0.717) is 24.0 Å². The van der Waals surface area contributed by atoms with Crippen LogP contribution in [-0.4, -0.2) is 34.8 Å². The summed E-state index contributed by atoms with van der Waals surface area (Å²) in [6, 6.07) is 12.7. The van der Waals surface area contributed by atoms with Crippen molar-refractivity contribution >= 4 is 17.7 Å². The standard InChI is InChI=1S/C24H26N2O4/c1-15-10-11-20-18(13-15)19(14-24(2,3)30-20)25-21(27)9-6-12-26-22(28)16-7-4-5-8-17(16)23(26)29/h4-5,7-8,10-11,13,19H,6,9,12,14H2,1-3H3,(H,25,27). The molecule has 0 aromatic heterocycles. The van der Waals surface area contributed by atoms with E-state index in [0.717, 1.165) is 16.9 Å². The predicted molar refractivity (Wildman–Crippen MR) is 112 cm³/mol. The van der Waals surface area contributed by atoms with E-state index in [1.54, 1.807) is 24.3 Å². The van der Waals surface area contributed by atoms with E-state index in [1.807, 2.05) is 39.0 Å². The molecule has 1 N–H and O–H groups in total. The average Bonchev–Trinajstić information content (AvgIpc) is 2.93. The zero-order valence-electron chi connectivity index (χ0n) is 17.5. The molecule has 2 aliphatic heterocycles. The van der Waals surface area contributed by atoms with Gasteiger partial charge >= 0.3 is 0 Å². The van der Waals surface area contributed by atoms with Crippen LogP contribution in [0.2, 0.25) is 0 Å². The number of nitrogens with zero attached hydrogens (tertiary/aromatic N) is 1. The number of carbonyl (C=O) groups is 3. The predicted octanol–water partition coefficient (Wildman–Crippen LogP) is 3.79. The van der Waals surface area contributed by atoms with Gasteiger partial charge in [-0.25, -0.2) is 0 Å². The van der Waals surface area contributed by atoms with Crippen LogP contribution in [-0.2, 0) is 4.79 Å². The Morgan fingerprint density at radius 3 is 2.47 bits per heavy atom. The van der Waals surface area contributed by atoms with Crippen molar-refractivity contribution < 1.29 is 19.1 Å². The van der Waals surface area contributed by atoms with E-state index < -0.39 is 0 Å². The molecule has 2 aliphatic rings. The van der Waals surface area contributed by atoms with E-state index in [2.05, 4.69) is 5.32 Å². The molecule has 0 aliphatic carbocycles. The summed E-state index contributed by atoms with van der Waals surface area (Å²) in [4.78, 5) is 38.7. The van der Waals surface area contributed by atoms with Crippen molar-refractivity contribution in [3.8, 4) is 5.75 Å². The number of carbonyl (C=O) groups excluding carboxylic acids is 3. The largest absolute Gasteiger partial charge is 0.487 e. The second-order valence-electron chi connectivity index (χ2n) is 8.64. The number of fused-ring (bicyclic) bond motifs is 2. The van der Waals surface area contributed by atoms with Crippen LogP contribution in [0, 0.1) is 6.92 Å². The Morgan fingerprint density at radius 1 is 1.13 bits per heavy atom. The zero-order chi connectivity index (χ0) is 21.5. The quantitative estimate of drug-likeness (QED) is 0.767. The molecule has 30 heavy (non-hydrogen) atoms. The number of benzene rings is 2. The maximum Gasteiger partial charge on any atom is 0.261 e. The third kappa shape index (κ3) is 3.82. The van der Waals surface area contributed by atoms with Gasteiger partial charge in [0, 0.05) is 24.9 Å². The molecule has 156 valence electrons. The highest BCUT2D eigenvalue weighted by Crippen LogP contribution is 2.39. The van der Waals surface area contributed by atoms with Crippen molar-refractivity contribution in [1.82, 2.24) is 10.2 Å². The SMILES string of the molecule is Cc1ccc2c(c1)C(NC(=O)CCCN1C(=O)c3ccccc3C1=O)CC(C)(C)O2. The van der Waals surface area contributed by atoms with Crippen molar-refractivity contribution in [3.05, 3.63) is 64.7 Å². The van der Waals surface area contributed by atoms with Crippen molar-refractivity contribution in [2.75, 3.05) is 6.54 Å². The van der Waals surface area contributed by atoms with Gasteiger partial charge in [-0.2, -0.15) is 0 Å². The van der Waals surface area contributed by atoms with Crippen LogP contribution in [0.3, 0.4) is 0 Å². The van der Waals surface area contributed by atoms with Crippen LogP contribution in [0.1, 0.15) is 71.0 Å². The molecule has 0 saturated carbocycles. The highest BCUT2D eigenvalue weighted by molar-refractivity contribution is 6.21. The molecule has 0 radical (unpaired) electrons. The Balaban J connectivity index is 1.37. The molecule has 3 amide bonds. The van der Waals surface area contributed by atoms with Crippen LogP contribution in [0.5, 0.6) is 5.75 Å². The normalized spacial score (nSPS) is 19.2. The summed E-state index contributed by atoms with van der Waals surface area (Å²) < 4.78 is 6.06. The van der Waals surface area contributed by atoms with Gasteiger partial charge in [0.05, 0.1) is 17.2 Å². The number of amides is 3. The van der Waals surface area contributed by atoms with Gasteiger partial charge in [0.2, 0.25) is 5.91 Å². The summed E-state index contributed by atoms with van der Waals surface area (Å²) >= 11 is 0. The molecule has 0 spiro atoms. The second-order valence-corrected chi connectivity index (χ2v) is 8.64. The number of hydrogen-bond donors (Lipinski definition) is 1. The monoisotopic (exact) mass is 406 g/mol. The Hall–Kier alpha value is -3.15. The highest BCUT2D eigenvalue weighted by atomic mass is 16.5. The minimum absolute atomic E-state index is 0.0956. The van der Waals surface area contributed by atoms with E-state index in [4.69, 9.17) is 4.74 Å². The number of nitrogens with one attached hydrogen (secondary N) is 1. The van der Waals surface area contributed by atoms with Gasteiger partial charge < -0.3 is 10.1 Å². The maximum absolute atomic E-state index is 12.6. The molecule has 4 rings (SSSR count). The van der Waals surface area contributed by atoms with E-state index in [1.165, 1.54) is 4.90 Å². The minimum atomic E-state index is -0.375. The zero-order valence-corrected chi connectivity index (χ0v) is 17.5. The van der Waals surface area contributed by atoms with Gasteiger partial charge in [0.1, 0.15) is 11.4 Å². The molecular formula is C24H26N2O4. The van der Waals surface area contributed by atoms with Crippen molar-refractivity contribution in [3.63, 3.8) is 0 Å². The molecule has 2 aromatic carbocycles. The molecule has 0 fully saturated rings. The average molecular weight is 406 g/mol. The van der Waals surface area contributed by atoms with Gasteiger partial charge in [0.25, 0.3) is 11.8 Å². The van der Waals surface area contributed by atoms with Gasteiger partial charge in [-0.05, 0) is 45.4 Å². The summed E-state index contributed by atoms with van der Waals surface area (Å²) in [6.07, 6.45) is 1.34. The van der Waals surface area contributed by atoms with Crippen LogP contribution in [0.15, 0.2) is 42.5 Å². The van der Waals surface area contributed by atoms with Crippen LogP contribution in [0.25, 0.3) is 0 Å². The van der Waals surface area contributed by atoms with Crippen LogP contribution in [0.4, 0.5) is 0 Å². The summed E-state index contributed by atoms with van der Waals surface area (Å²) in [5.41, 5.74) is 2.59. The lowest BCUT2D eigenvalue weighted by atomic mass is 9.89. The third-order valence-electron chi connectivity index (χ3n) is 5.62. The molecule has 1 atom stereocenters. The first kappa shape index (κ1) is 20.1. The minimum Gasteiger partial charge on any atom is -0.487 e. The van der Waals surface area contributed by atoms with Crippen LogP contribution < -0.4 is 10.1 Å². The molecule has 2 aromatic rings. The Kier molecular flexibility index (Phi) is 5.10. The van der Waals surface area contributed by atoms with Gasteiger partial charge in [-0.3, -0.25) is 19.3 Å². The number of imide groups is 1.